The summed E-state index contributed by atoms with van der Waals surface area (Å²) in [6.07, 6.45) is 0.968. The fourth-order valence-corrected chi connectivity index (χ4v) is 3.43. The van der Waals surface area contributed by atoms with E-state index in [4.69, 9.17) is 20.5 Å². The highest BCUT2D eigenvalue weighted by molar-refractivity contribution is 6.59. The Balaban J connectivity index is 3.86. The first-order valence-corrected chi connectivity index (χ1v) is 6.71. The number of alkyl halides is 1. The quantitative estimate of drug-likeness (QED) is 0.488. The van der Waals surface area contributed by atoms with Crippen molar-refractivity contribution in [2.24, 2.45) is 5.92 Å². The van der Waals surface area contributed by atoms with Gasteiger partial charge in [0.1, 0.15) is 0 Å². The summed E-state index contributed by atoms with van der Waals surface area (Å²) in [6.45, 7) is 9.65. The van der Waals surface area contributed by atoms with Crippen LogP contribution in [0.1, 0.15) is 34.1 Å². The maximum absolute atomic E-state index is 6.19. The highest BCUT2D eigenvalue weighted by Crippen LogP contribution is 2.15. The van der Waals surface area contributed by atoms with Gasteiger partial charge in [-0.15, -0.1) is 11.6 Å². The lowest BCUT2D eigenvalue weighted by Gasteiger charge is -2.19. The van der Waals surface area contributed by atoms with Gasteiger partial charge in [-0.3, -0.25) is 0 Å². The van der Waals surface area contributed by atoms with E-state index in [1.807, 2.05) is 13.8 Å². The molecule has 0 aliphatic rings. The van der Waals surface area contributed by atoms with E-state index in [2.05, 4.69) is 13.8 Å². The zero-order valence-corrected chi connectivity index (χ0v) is 10.7. The van der Waals surface area contributed by atoms with Crippen LogP contribution in [0.4, 0.5) is 0 Å². The third-order valence-corrected chi connectivity index (χ3v) is 4.11. The van der Waals surface area contributed by atoms with Crippen molar-refractivity contribution in [3.05, 3.63) is 0 Å². The molecule has 0 saturated carbocycles. The Kier molecular flexibility index (Phi) is 8.05. The van der Waals surface area contributed by atoms with Gasteiger partial charge >= 0.3 is 9.28 Å². The van der Waals surface area contributed by atoms with Gasteiger partial charge in [0.25, 0.3) is 0 Å². The summed E-state index contributed by atoms with van der Waals surface area (Å²) in [7, 11) is -1.25. The van der Waals surface area contributed by atoms with Gasteiger partial charge in [0.2, 0.25) is 0 Å². The second-order valence-corrected chi connectivity index (χ2v) is 6.09. The Morgan fingerprint density at radius 3 is 1.92 bits per heavy atom. The molecule has 1 unspecified atom stereocenters. The van der Waals surface area contributed by atoms with Gasteiger partial charge in [0, 0.05) is 13.2 Å². The molecular weight excluding hydrogens is 204 g/mol. The van der Waals surface area contributed by atoms with Gasteiger partial charge < -0.3 is 8.85 Å². The molecule has 0 aliphatic carbocycles. The topological polar surface area (TPSA) is 18.5 Å². The molecule has 0 aromatic rings. The second-order valence-electron chi connectivity index (χ2n) is 3.28. The van der Waals surface area contributed by atoms with Gasteiger partial charge in [-0.05, 0) is 26.2 Å². The van der Waals surface area contributed by atoms with E-state index in [0.29, 0.717) is 19.1 Å². The first-order chi connectivity index (χ1) is 6.11. The summed E-state index contributed by atoms with van der Waals surface area (Å²) in [6, 6.07) is 0. The molecule has 0 bridgehead atoms. The van der Waals surface area contributed by atoms with Crippen molar-refractivity contribution in [2.45, 2.75) is 39.1 Å². The van der Waals surface area contributed by atoms with Crippen LogP contribution in [0.3, 0.4) is 0 Å². The van der Waals surface area contributed by atoms with Gasteiger partial charge in [-0.2, -0.15) is 0 Å². The fourth-order valence-electron chi connectivity index (χ4n) is 1.02. The molecule has 0 N–H and O–H groups in total. The maximum atomic E-state index is 6.19. The molecule has 0 fully saturated rings. The van der Waals surface area contributed by atoms with Crippen molar-refractivity contribution in [3.63, 3.8) is 0 Å². The van der Waals surface area contributed by atoms with Gasteiger partial charge in [0.05, 0.1) is 5.00 Å². The van der Waals surface area contributed by atoms with E-state index in [1.54, 1.807) is 0 Å². The molecule has 0 spiro atoms. The first kappa shape index (κ1) is 13.4. The molecule has 0 saturated heterocycles. The lowest BCUT2D eigenvalue weighted by molar-refractivity contribution is 0.209. The average molecular weight is 224 g/mol. The van der Waals surface area contributed by atoms with Gasteiger partial charge in [-0.1, -0.05) is 13.8 Å². The molecule has 0 heterocycles. The predicted molar refractivity (Wildman–Crippen MR) is 58.1 cm³/mol. The Hall–Kier alpha value is 0.427. The van der Waals surface area contributed by atoms with Gasteiger partial charge in [0.15, 0.2) is 0 Å². The molecule has 0 aliphatic heterocycles. The van der Waals surface area contributed by atoms with E-state index in [-0.39, 0.29) is 5.00 Å². The molecular formula is C9H20ClO2Si. The van der Waals surface area contributed by atoms with Crippen LogP contribution in [0.5, 0.6) is 0 Å². The Bertz CT molecular complexity index is 116. The third-order valence-electron chi connectivity index (χ3n) is 1.51. The normalized spacial score (nSPS) is 14.1. The summed E-state index contributed by atoms with van der Waals surface area (Å²) in [4.78, 5) is 0. The van der Waals surface area contributed by atoms with Crippen LogP contribution in [0.25, 0.3) is 0 Å². The zero-order valence-electron chi connectivity index (χ0n) is 8.97. The SMILES string of the molecule is CCO[Si](OCC)C(Cl)CC(C)C. The van der Waals surface area contributed by atoms with E-state index in [9.17, 15) is 0 Å². The molecule has 1 radical (unpaired) electrons. The average Bonchev–Trinajstić information content (AvgIpc) is 2.02. The van der Waals surface area contributed by atoms with Gasteiger partial charge in [-0.25, -0.2) is 0 Å². The summed E-state index contributed by atoms with van der Waals surface area (Å²) in [5, 5.41) is 0.0601. The van der Waals surface area contributed by atoms with E-state index in [0.717, 1.165) is 6.42 Å². The molecule has 13 heavy (non-hydrogen) atoms. The Morgan fingerprint density at radius 2 is 1.62 bits per heavy atom. The minimum absolute atomic E-state index is 0.0601. The van der Waals surface area contributed by atoms with Crippen LogP contribution in [-0.2, 0) is 8.85 Å². The standard InChI is InChI=1S/C9H20ClO2Si/c1-5-11-13(12-6-2)9(10)7-8(3)4/h8-9H,5-7H2,1-4H3. The van der Waals surface area contributed by atoms with Crippen molar-refractivity contribution < 1.29 is 8.85 Å². The molecule has 0 rings (SSSR count). The first-order valence-electron chi connectivity index (χ1n) is 4.88. The van der Waals surface area contributed by atoms with Crippen molar-refractivity contribution in [2.75, 3.05) is 13.2 Å². The zero-order chi connectivity index (χ0) is 10.3. The van der Waals surface area contributed by atoms with Crippen molar-refractivity contribution >= 4 is 20.9 Å². The predicted octanol–water partition coefficient (Wildman–Crippen LogP) is 2.74. The Morgan fingerprint density at radius 1 is 1.15 bits per heavy atom. The summed E-state index contributed by atoms with van der Waals surface area (Å²) in [5.74, 6) is 0.600. The van der Waals surface area contributed by atoms with E-state index < -0.39 is 9.28 Å². The molecule has 4 heteroatoms. The van der Waals surface area contributed by atoms with Crippen LogP contribution < -0.4 is 0 Å². The Labute approximate surface area is 88.4 Å². The van der Waals surface area contributed by atoms with E-state index in [1.165, 1.54) is 0 Å². The molecule has 0 amide bonds. The number of halogens is 1. The largest absolute Gasteiger partial charge is 0.404 e. The molecule has 1 atom stereocenters. The highest BCUT2D eigenvalue weighted by Gasteiger charge is 2.26. The molecule has 79 valence electrons. The molecule has 2 nitrogen and oxygen atoms in total. The lowest BCUT2D eigenvalue weighted by atomic mass is 10.2. The third kappa shape index (κ3) is 6.49. The van der Waals surface area contributed by atoms with Crippen LogP contribution >= 0.6 is 11.6 Å². The van der Waals surface area contributed by atoms with Crippen LogP contribution in [-0.4, -0.2) is 27.5 Å². The molecule has 0 aromatic heterocycles. The van der Waals surface area contributed by atoms with Crippen LogP contribution in [0.2, 0.25) is 0 Å². The lowest BCUT2D eigenvalue weighted by Crippen LogP contribution is -2.34. The van der Waals surface area contributed by atoms with Crippen molar-refractivity contribution in [1.29, 1.82) is 0 Å². The van der Waals surface area contributed by atoms with E-state index >= 15 is 0 Å². The van der Waals surface area contributed by atoms with Crippen molar-refractivity contribution in [3.8, 4) is 0 Å². The van der Waals surface area contributed by atoms with Crippen molar-refractivity contribution in [1.82, 2.24) is 0 Å². The number of hydrogen-bond donors (Lipinski definition) is 0. The minimum atomic E-state index is -1.25. The van der Waals surface area contributed by atoms with Crippen LogP contribution in [0.15, 0.2) is 0 Å². The molecule has 0 aromatic carbocycles. The fraction of sp³-hybridized carbons (Fsp3) is 1.00. The number of rotatable bonds is 7. The summed E-state index contributed by atoms with van der Waals surface area (Å²) in [5.41, 5.74) is 0. The van der Waals surface area contributed by atoms with Crippen LogP contribution in [0, 0.1) is 5.92 Å². The summed E-state index contributed by atoms with van der Waals surface area (Å²) < 4.78 is 11.0. The highest BCUT2D eigenvalue weighted by atomic mass is 35.5. The summed E-state index contributed by atoms with van der Waals surface area (Å²) >= 11 is 6.19. The monoisotopic (exact) mass is 223 g/mol. The number of hydrogen-bond acceptors (Lipinski definition) is 2. The smallest absolute Gasteiger partial charge is 0.393 e. The maximum Gasteiger partial charge on any atom is 0.404 e. The second kappa shape index (κ2) is 7.80. The minimum Gasteiger partial charge on any atom is -0.393 e.